The normalized spacial score (nSPS) is 10.2. The van der Waals surface area contributed by atoms with Crippen LogP contribution in [0.4, 0.5) is 5.69 Å². The van der Waals surface area contributed by atoms with Gasteiger partial charge in [0.1, 0.15) is 12.4 Å². The van der Waals surface area contributed by atoms with Gasteiger partial charge in [0.25, 0.3) is 0 Å². The molecule has 0 saturated heterocycles. The van der Waals surface area contributed by atoms with E-state index in [9.17, 15) is 4.79 Å². The highest BCUT2D eigenvalue weighted by Gasteiger charge is 2.07. The van der Waals surface area contributed by atoms with Gasteiger partial charge in [-0.2, -0.15) is 0 Å². The number of amides is 1. The predicted molar refractivity (Wildman–Crippen MR) is 111 cm³/mol. The Bertz CT molecular complexity index is 896. The summed E-state index contributed by atoms with van der Waals surface area (Å²) in [7, 11) is 0. The van der Waals surface area contributed by atoms with Crippen molar-refractivity contribution in [2.24, 2.45) is 4.99 Å². The van der Waals surface area contributed by atoms with E-state index in [1.54, 1.807) is 0 Å². The van der Waals surface area contributed by atoms with Crippen molar-refractivity contribution in [3.8, 4) is 5.75 Å². The monoisotopic (exact) mass is 376 g/mol. The molecule has 0 aliphatic carbocycles. The molecule has 0 radical (unpaired) electrons. The van der Waals surface area contributed by atoms with Crippen LogP contribution < -0.4 is 9.46 Å². The number of nitrogens with zero attached hydrogens (tertiary/aromatic N) is 1. The third kappa shape index (κ3) is 5.72. The highest BCUT2D eigenvalue weighted by molar-refractivity contribution is 7.98. The fourth-order valence-corrected chi connectivity index (χ4v) is 3.13. The molecular weight excluding hydrogens is 356 g/mol. The maximum atomic E-state index is 12.2. The van der Waals surface area contributed by atoms with Crippen molar-refractivity contribution in [2.45, 2.75) is 17.9 Å². The van der Waals surface area contributed by atoms with E-state index in [0.717, 1.165) is 27.5 Å². The zero-order valence-corrected chi connectivity index (χ0v) is 15.6. The van der Waals surface area contributed by atoms with Crippen molar-refractivity contribution >= 4 is 30.3 Å². The Morgan fingerprint density at radius 2 is 1.63 bits per heavy atom. The smallest absolute Gasteiger partial charge is 0.234 e. The highest BCUT2D eigenvalue weighted by Crippen LogP contribution is 2.26. The number of rotatable bonds is 8. The van der Waals surface area contributed by atoms with E-state index < -0.39 is 0 Å². The summed E-state index contributed by atoms with van der Waals surface area (Å²) in [5.41, 5.74) is 2.80. The van der Waals surface area contributed by atoms with E-state index in [4.69, 9.17) is 4.74 Å². The van der Waals surface area contributed by atoms with Gasteiger partial charge in [0.05, 0.1) is 17.0 Å². The molecule has 3 aromatic rings. The summed E-state index contributed by atoms with van der Waals surface area (Å²) in [5.74, 6) is 0.709. The van der Waals surface area contributed by atoms with Gasteiger partial charge in [-0.3, -0.25) is 14.5 Å². The first-order chi connectivity index (χ1) is 13.2. The third-order valence-corrected chi connectivity index (χ3v) is 4.74. The molecule has 4 nitrogen and oxygen atoms in total. The van der Waals surface area contributed by atoms with Crippen LogP contribution in [0.25, 0.3) is 0 Å². The van der Waals surface area contributed by atoms with Crippen molar-refractivity contribution in [1.82, 2.24) is 4.72 Å². The molecular formula is C22H20N2O2S. The quantitative estimate of drug-likeness (QED) is 0.446. The van der Waals surface area contributed by atoms with Crippen LogP contribution in [-0.4, -0.2) is 12.6 Å². The van der Waals surface area contributed by atoms with E-state index in [2.05, 4.69) is 16.4 Å². The molecule has 0 fully saturated rings. The molecule has 3 rings (SSSR count). The Labute approximate surface area is 163 Å². The summed E-state index contributed by atoms with van der Waals surface area (Å²) in [6, 6.07) is 25.1. The van der Waals surface area contributed by atoms with E-state index >= 15 is 0 Å². The van der Waals surface area contributed by atoms with Crippen LogP contribution in [0.5, 0.6) is 5.75 Å². The first-order valence-corrected chi connectivity index (χ1v) is 9.33. The minimum absolute atomic E-state index is 0.0724. The Morgan fingerprint density at radius 3 is 2.37 bits per heavy atom. The second-order valence-corrected chi connectivity index (χ2v) is 6.70. The number of ether oxygens (including phenoxy) is 1. The zero-order chi connectivity index (χ0) is 18.9. The molecule has 0 saturated carbocycles. The number of benzene rings is 3. The molecule has 1 amide bonds. The van der Waals surface area contributed by atoms with Crippen LogP contribution in [0.2, 0.25) is 0 Å². The molecule has 27 heavy (non-hydrogen) atoms. The van der Waals surface area contributed by atoms with Crippen molar-refractivity contribution in [1.29, 1.82) is 0 Å². The molecule has 136 valence electrons. The molecule has 0 atom stereocenters. The van der Waals surface area contributed by atoms with Gasteiger partial charge in [-0.25, -0.2) is 0 Å². The fraction of sp³-hybridized carbons (Fsp3) is 0.0909. The van der Waals surface area contributed by atoms with Gasteiger partial charge >= 0.3 is 0 Å². The first kappa shape index (κ1) is 18.7. The van der Waals surface area contributed by atoms with Crippen LogP contribution in [0.1, 0.15) is 11.1 Å². The van der Waals surface area contributed by atoms with Crippen molar-refractivity contribution in [3.63, 3.8) is 0 Å². The number of hydrogen-bond donors (Lipinski definition) is 1. The van der Waals surface area contributed by atoms with Crippen molar-refractivity contribution in [2.75, 3.05) is 0 Å². The average Bonchev–Trinajstić information content (AvgIpc) is 2.72. The Morgan fingerprint density at radius 1 is 0.926 bits per heavy atom. The second kappa shape index (κ2) is 9.59. The van der Waals surface area contributed by atoms with E-state index in [-0.39, 0.29) is 5.91 Å². The lowest BCUT2D eigenvalue weighted by atomic mass is 10.1. The standard InChI is InChI=1S/C22H20N2O2S/c1-23-20-9-5-6-10-21(20)27-24-22(25)15-17-11-13-19(14-12-17)26-16-18-7-3-2-4-8-18/h2-14H,1,15-16H2,(H,24,25). The Balaban J connectivity index is 1.49. The van der Waals surface area contributed by atoms with Gasteiger partial charge < -0.3 is 4.74 Å². The first-order valence-electron chi connectivity index (χ1n) is 8.52. The molecule has 0 aliphatic rings. The number of carbonyl (C=O) groups is 1. The Hall–Kier alpha value is -3.05. The maximum Gasteiger partial charge on any atom is 0.234 e. The van der Waals surface area contributed by atoms with Gasteiger partial charge in [-0.15, -0.1) is 0 Å². The van der Waals surface area contributed by atoms with Gasteiger partial charge in [-0.1, -0.05) is 54.6 Å². The molecule has 0 unspecified atom stereocenters. The van der Waals surface area contributed by atoms with Gasteiger partial charge in [0.2, 0.25) is 5.91 Å². The average molecular weight is 376 g/mol. The van der Waals surface area contributed by atoms with E-state index in [1.165, 1.54) is 11.9 Å². The predicted octanol–water partition coefficient (Wildman–Crippen LogP) is 4.96. The summed E-state index contributed by atoms with van der Waals surface area (Å²) in [4.78, 5) is 17.0. The summed E-state index contributed by atoms with van der Waals surface area (Å²) in [6.07, 6.45) is 0.301. The summed E-state index contributed by atoms with van der Waals surface area (Å²) in [5, 5.41) is 0. The third-order valence-electron chi connectivity index (χ3n) is 3.85. The van der Waals surface area contributed by atoms with Gasteiger partial charge in [-0.05, 0) is 54.1 Å². The van der Waals surface area contributed by atoms with Crippen LogP contribution in [0.3, 0.4) is 0 Å². The fourth-order valence-electron chi connectivity index (χ4n) is 2.45. The van der Waals surface area contributed by atoms with Crippen LogP contribution in [0, 0.1) is 0 Å². The maximum absolute atomic E-state index is 12.2. The zero-order valence-electron chi connectivity index (χ0n) is 14.8. The van der Waals surface area contributed by atoms with Crippen molar-refractivity contribution < 1.29 is 9.53 Å². The molecule has 3 aromatic carbocycles. The Kier molecular flexibility index (Phi) is 6.66. The molecule has 5 heteroatoms. The van der Waals surface area contributed by atoms with Crippen molar-refractivity contribution in [3.05, 3.63) is 90.0 Å². The largest absolute Gasteiger partial charge is 0.489 e. The molecule has 1 N–H and O–H groups in total. The van der Waals surface area contributed by atoms with Gasteiger partial charge in [0, 0.05) is 0 Å². The molecule has 0 heterocycles. The summed E-state index contributed by atoms with van der Waals surface area (Å²) >= 11 is 1.25. The highest BCUT2D eigenvalue weighted by atomic mass is 32.2. The topological polar surface area (TPSA) is 50.7 Å². The number of hydrogen-bond acceptors (Lipinski definition) is 4. The van der Waals surface area contributed by atoms with Crippen LogP contribution in [-0.2, 0) is 17.8 Å². The van der Waals surface area contributed by atoms with E-state index in [1.807, 2.05) is 78.9 Å². The van der Waals surface area contributed by atoms with Crippen LogP contribution >= 0.6 is 11.9 Å². The minimum Gasteiger partial charge on any atom is -0.489 e. The summed E-state index contributed by atoms with van der Waals surface area (Å²) < 4.78 is 8.60. The van der Waals surface area contributed by atoms with Crippen LogP contribution in [0.15, 0.2) is 88.8 Å². The number of carbonyl (C=O) groups excluding carboxylic acids is 1. The SMILES string of the molecule is C=Nc1ccccc1SNC(=O)Cc1ccc(OCc2ccccc2)cc1. The lowest BCUT2D eigenvalue weighted by Gasteiger charge is -2.08. The van der Waals surface area contributed by atoms with E-state index in [0.29, 0.717) is 13.0 Å². The van der Waals surface area contributed by atoms with Gasteiger partial charge in [0.15, 0.2) is 0 Å². The second-order valence-electron chi connectivity index (χ2n) is 5.85. The number of aliphatic imine (C=N–C) groups is 1. The number of para-hydroxylation sites is 1. The minimum atomic E-state index is -0.0724. The number of nitrogens with one attached hydrogen (secondary N) is 1. The molecule has 0 aliphatic heterocycles. The molecule has 0 aromatic heterocycles. The lowest BCUT2D eigenvalue weighted by Crippen LogP contribution is -2.17. The lowest BCUT2D eigenvalue weighted by molar-refractivity contribution is -0.118. The molecule has 0 spiro atoms. The molecule has 0 bridgehead atoms. The summed E-state index contributed by atoms with van der Waals surface area (Å²) in [6.45, 7) is 4.06.